The molecule has 4 rings (SSSR count). The maximum atomic E-state index is 12.5. The fourth-order valence-electron chi connectivity index (χ4n) is 2.72. The van der Waals surface area contributed by atoms with Gasteiger partial charge in [0.05, 0.1) is 5.69 Å². The third-order valence-corrected chi connectivity index (χ3v) is 4.26. The van der Waals surface area contributed by atoms with E-state index in [0.29, 0.717) is 22.1 Å². The first-order valence-corrected chi connectivity index (χ1v) is 8.48. The first-order chi connectivity index (χ1) is 12.6. The third-order valence-electron chi connectivity index (χ3n) is 4.01. The molecule has 1 N–H and O–H groups in total. The van der Waals surface area contributed by atoms with E-state index < -0.39 is 0 Å². The highest BCUT2D eigenvalue weighted by Gasteiger charge is 2.14. The van der Waals surface area contributed by atoms with Gasteiger partial charge in [0.2, 0.25) is 0 Å². The van der Waals surface area contributed by atoms with Crippen molar-refractivity contribution in [3.63, 3.8) is 0 Å². The Morgan fingerprint density at radius 3 is 2.50 bits per heavy atom. The Kier molecular flexibility index (Phi) is 4.14. The summed E-state index contributed by atoms with van der Waals surface area (Å²) in [5, 5.41) is 7.80. The van der Waals surface area contributed by atoms with Crippen LogP contribution in [0.4, 0.5) is 5.69 Å². The Balaban J connectivity index is 1.67. The number of aryl methyl sites for hydroxylation is 1. The van der Waals surface area contributed by atoms with E-state index in [1.54, 1.807) is 34.8 Å². The van der Waals surface area contributed by atoms with Gasteiger partial charge in [0.15, 0.2) is 11.3 Å². The van der Waals surface area contributed by atoms with Gasteiger partial charge in [0.25, 0.3) is 5.91 Å². The van der Waals surface area contributed by atoms with Gasteiger partial charge in [-0.1, -0.05) is 41.9 Å². The van der Waals surface area contributed by atoms with Gasteiger partial charge in [0, 0.05) is 28.0 Å². The van der Waals surface area contributed by atoms with Crippen molar-refractivity contribution in [3.8, 4) is 11.3 Å². The number of nitrogens with zero attached hydrogens (tertiary/aromatic N) is 3. The van der Waals surface area contributed by atoms with Crippen molar-refractivity contribution in [2.24, 2.45) is 0 Å². The zero-order chi connectivity index (χ0) is 18.1. The van der Waals surface area contributed by atoms with Crippen LogP contribution in [0.3, 0.4) is 0 Å². The first kappa shape index (κ1) is 16.3. The van der Waals surface area contributed by atoms with Crippen molar-refractivity contribution in [1.29, 1.82) is 0 Å². The first-order valence-electron chi connectivity index (χ1n) is 8.10. The van der Waals surface area contributed by atoms with E-state index in [9.17, 15) is 4.79 Å². The lowest BCUT2D eigenvalue weighted by Gasteiger charge is -2.04. The second-order valence-corrected chi connectivity index (χ2v) is 6.35. The fraction of sp³-hybridized carbons (Fsp3) is 0.0500. The number of hydrogen-bond acceptors (Lipinski definition) is 3. The Hall–Kier alpha value is -3.18. The van der Waals surface area contributed by atoms with E-state index in [1.807, 2.05) is 43.3 Å². The van der Waals surface area contributed by atoms with Crippen LogP contribution < -0.4 is 5.32 Å². The Bertz CT molecular complexity index is 1090. The molecular formula is C20H15ClN4O. The van der Waals surface area contributed by atoms with E-state index in [0.717, 1.165) is 17.0 Å². The van der Waals surface area contributed by atoms with Crippen LogP contribution in [0.2, 0.25) is 5.02 Å². The summed E-state index contributed by atoms with van der Waals surface area (Å²) >= 11 is 5.86. The standard InChI is InChI=1S/C20H15ClN4O/c1-13-11-17(14-5-3-2-4-6-14)23-19-12-18(24-25(13)19)20(26)22-16-9-7-15(21)8-10-16/h2-12H,1H3,(H,22,26). The molecule has 0 atom stereocenters. The van der Waals surface area contributed by atoms with Crippen LogP contribution in [0, 0.1) is 6.92 Å². The molecule has 0 aliphatic carbocycles. The molecular weight excluding hydrogens is 348 g/mol. The zero-order valence-corrected chi connectivity index (χ0v) is 14.7. The molecule has 4 aromatic rings. The van der Waals surface area contributed by atoms with Gasteiger partial charge in [-0.25, -0.2) is 9.50 Å². The van der Waals surface area contributed by atoms with Crippen LogP contribution in [0.1, 0.15) is 16.2 Å². The van der Waals surface area contributed by atoms with Crippen LogP contribution in [0.25, 0.3) is 16.9 Å². The maximum absolute atomic E-state index is 12.5. The molecule has 0 fully saturated rings. The van der Waals surface area contributed by atoms with Crippen molar-refractivity contribution in [1.82, 2.24) is 14.6 Å². The van der Waals surface area contributed by atoms with E-state index in [2.05, 4.69) is 15.4 Å². The summed E-state index contributed by atoms with van der Waals surface area (Å²) in [5.74, 6) is -0.293. The highest BCUT2D eigenvalue weighted by molar-refractivity contribution is 6.30. The fourth-order valence-corrected chi connectivity index (χ4v) is 2.85. The average molecular weight is 363 g/mol. The Morgan fingerprint density at radius 1 is 1.04 bits per heavy atom. The van der Waals surface area contributed by atoms with Crippen molar-refractivity contribution in [2.75, 3.05) is 5.32 Å². The minimum absolute atomic E-state index is 0.293. The number of anilines is 1. The third kappa shape index (κ3) is 3.17. The van der Waals surface area contributed by atoms with Crippen molar-refractivity contribution >= 4 is 28.8 Å². The topological polar surface area (TPSA) is 59.3 Å². The Labute approximate surface area is 155 Å². The molecule has 0 aliphatic heterocycles. The predicted octanol–water partition coefficient (Wildman–Crippen LogP) is 4.61. The van der Waals surface area contributed by atoms with Crippen LogP contribution >= 0.6 is 11.6 Å². The summed E-state index contributed by atoms with van der Waals surface area (Å²) < 4.78 is 1.67. The van der Waals surface area contributed by atoms with Gasteiger partial charge >= 0.3 is 0 Å². The number of halogens is 1. The van der Waals surface area contributed by atoms with E-state index in [1.165, 1.54) is 0 Å². The lowest BCUT2D eigenvalue weighted by atomic mass is 10.1. The van der Waals surface area contributed by atoms with Gasteiger partial charge in [-0.15, -0.1) is 0 Å². The van der Waals surface area contributed by atoms with Gasteiger partial charge < -0.3 is 5.32 Å². The number of carbonyl (C=O) groups excluding carboxylic acids is 1. The summed E-state index contributed by atoms with van der Waals surface area (Å²) in [6.07, 6.45) is 0. The second kappa shape index (κ2) is 6.61. The predicted molar refractivity (Wildman–Crippen MR) is 103 cm³/mol. The van der Waals surface area contributed by atoms with Gasteiger partial charge in [0.1, 0.15) is 0 Å². The monoisotopic (exact) mass is 362 g/mol. The molecule has 0 radical (unpaired) electrons. The molecule has 2 aromatic carbocycles. The highest BCUT2D eigenvalue weighted by Crippen LogP contribution is 2.20. The molecule has 128 valence electrons. The van der Waals surface area contributed by atoms with Gasteiger partial charge in [-0.05, 0) is 37.3 Å². The lowest BCUT2D eigenvalue weighted by Crippen LogP contribution is -2.12. The summed E-state index contributed by atoms with van der Waals surface area (Å²) in [7, 11) is 0. The van der Waals surface area contributed by atoms with E-state index >= 15 is 0 Å². The Morgan fingerprint density at radius 2 is 1.77 bits per heavy atom. The molecule has 1 amide bonds. The zero-order valence-electron chi connectivity index (χ0n) is 14.0. The average Bonchev–Trinajstić information content (AvgIpc) is 3.09. The molecule has 0 saturated carbocycles. The highest BCUT2D eigenvalue weighted by atomic mass is 35.5. The quantitative estimate of drug-likeness (QED) is 0.579. The number of nitrogens with one attached hydrogen (secondary N) is 1. The molecule has 0 spiro atoms. The van der Waals surface area contributed by atoms with Crippen molar-refractivity contribution in [3.05, 3.63) is 83.1 Å². The molecule has 2 aromatic heterocycles. The molecule has 0 aliphatic rings. The van der Waals surface area contributed by atoms with E-state index in [4.69, 9.17) is 11.6 Å². The number of benzene rings is 2. The molecule has 2 heterocycles. The van der Waals surface area contributed by atoms with Crippen molar-refractivity contribution in [2.45, 2.75) is 6.92 Å². The molecule has 5 nitrogen and oxygen atoms in total. The minimum atomic E-state index is -0.293. The summed E-state index contributed by atoms with van der Waals surface area (Å²) in [5.41, 5.74) is 4.36. The summed E-state index contributed by atoms with van der Waals surface area (Å²) in [6, 6.07) is 20.5. The number of hydrogen-bond donors (Lipinski definition) is 1. The second-order valence-electron chi connectivity index (χ2n) is 5.91. The SMILES string of the molecule is Cc1cc(-c2ccccc2)nc2cc(C(=O)Nc3ccc(Cl)cc3)nn12. The van der Waals surface area contributed by atoms with Crippen LogP contribution in [0.15, 0.2) is 66.7 Å². The van der Waals surface area contributed by atoms with Crippen LogP contribution in [-0.4, -0.2) is 20.5 Å². The summed E-state index contributed by atoms with van der Waals surface area (Å²) in [6.45, 7) is 1.94. The number of carbonyl (C=O) groups is 1. The molecule has 6 heteroatoms. The number of rotatable bonds is 3. The molecule has 0 saturated heterocycles. The normalized spacial score (nSPS) is 10.8. The number of aromatic nitrogens is 3. The maximum Gasteiger partial charge on any atom is 0.276 e. The summed E-state index contributed by atoms with van der Waals surface area (Å²) in [4.78, 5) is 17.1. The minimum Gasteiger partial charge on any atom is -0.321 e. The number of amides is 1. The van der Waals surface area contributed by atoms with Crippen LogP contribution in [0.5, 0.6) is 0 Å². The van der Waals surface area contributed by atoms with Crippen LogP contribution in [-0.2, 0) is 0 Å². The van der Waals surface area contributed by atoms with Gasteiger partial charge in [-0.3, -0.25) is 4.79 Å². The van der Waals surface area contributed by atoms with Crippen molar-refractivity contribution < 1.29 is 4.79 Å². The molecule has 0 bridgehead atoms. The lowest BCUT2D eigenvalue weighted by molar-refractivity contribution is 0.102. The smallest absolute Gasteiger partial charge is 0.276 e. The largest absolute Gasteiger partial charge is 0.321 e. The molecule has 26 heavy (non-hydrogen) atoms. The van der Waals surface area contributed by atoms with Gasteiger partial charge in [-0.2, -0.15) is 5.10 Å². The van der Waals surface area contributed by atoms with E-state index in [-0.39, 0.29) is 5.91 Å². The molecule has 0 unspecified atom stereocenters. The number of fused-ring (bicyclic) bond motifs is 1.